The monoisotopic (exact) mass is 413 g/mol. The molecule has 0 fully saturated rings. The van der Waals surface area contributed by atoms with Gasteiger partial charge in [0.25, 0.3) is 0 Å². The minimum absolute atomic E-state index is 0.0833. The fourth-order valence-electron chi connectivity index (χ4n) is 2.69. The number of carboxylic acids is 1. The van der Waals surface area contributed by atoms with Crippen molar-refractivity contribution >= 4 is 51.7 Å². The molecular weight excluding hydrogens is 400 g/mol. The van der Waals surface area contributed by atoms with Gasteiger partial charge in [0.15, 0.2) is 11.4 Å². The predicted molar refractivity (Wildman–Crippen MR) is 106 cm³/mol. The van der Waals surface area contributed by atoms with Crippen molar-refractivity contribution in [3.05, 3.63) is 51.7 Å². The van der Waals surface area contributed by atoms with E-state index in [2.05, 4.69) is 15.6 Å². The summed E-state index contributed by atoms with van der Waals surface area (Å²) in [5.41, 5.74) is 5.09. The summed E-state index contributed by atoms with van der Waals surface area (Å²) in [6.45, 7) is 1.91. The molecule has 0 amide bonds. The fourth-order valence-corrected chi connectivity index (χ4v) is 4.12. The molecule has 10 heteroatoms. The highest BCUT2D eigenvalue weighted by Gasteiger charge is 2.33. The summed E-state index contributed by atoms with van der Waals surface area (Å²) in [7, 11) is 0. The number of aromatic nitrogens is 2. The molecule has 3 aromatic rings. The molecule has 1 aliphatic heterocycles. The smallest absolute Gasteiger partial charge is 0.358 e. The van der Waals surface area contributed by atoms with Gasteiger partial charge in [0.2, 0.25) is 0 Å². The van der Waals surface area contributed by atoms with Crippen LogP contribution in [-0.2, 0) is 9.53 Å². The summed E-state index contributed by atoms with van der Waals surface area (Å²) in [4.78, 5) is 25.6. The number of nitrogens with zero attached hydrogens (tertiary/aromatic N) is 4. The molecule has 3 aromatic heterocycles. The molecule has 1 radical (unpaired) electrons. The molecule has 28 heavy (non-hydrogen) atoms. The summed E-state index contributed by atoms with van der Waals surface area (Å²) in [6.07, 6.45) is 0. The van der Waals surface area contributed by atoms with Gasteiger partial charge < -0.3 is 9.84 Å². The lowest BCUT2D eigenvalue weighted by Crippen LogP contribution is -2.19. The zero-order chi connectivity index (χ0) is 19.7. The third-order valence-electron chi connectivity index (χ3n) is 3.84. The summed E-state index contributed by atoms with van der Waals surface area (Å²) < 4.78 is 6.47. The Balaban J connectivity index is 1.95. The van der Waals surface area contributed by atoms with Crippen LogP contribution in [0.1, 0.15) is 22.3 Å². The van der Waals surface area contributed by atoms with E-state index in [0.717, 1.165) is 9.75 Å². The Morgan fingerprint density at radius 3 is 2.50 bits per heavy atom. The molecule has 0 aromatic carbocycles. The highest BCUT2D eigenvalue weighted by atomic mass is 32.1. The van der Waals surface area contributed by atoms with E-state index < -0.39 is 11.9 Å². The normalized spacial score (nSPS) is 13.4. The van der Waals surface area contributed by atoms with Crippen LogP contribution in [0.2, 0.25) is 0 Å². The lowest BCUT2D eigenvalue weighted by Gasteiger charge is -2.09. The van der Waals surface area contributed by atoms with Crippen molar-refractivity contribution < 1.29 is 19.4 Å². The molecule has 0 saturated carbocycles. The Hall–Kier alpha value is -3.24. The lowest BCUT2D eigenvalue weighted by molar-refractivity contribution is -0.129. The molecular formula is C18H13N4O4S2. The van der Waals surface area contributed by atoms with Gasteiger partial charge >= 0.3 is 11.9 Å². The van der Waals surface area contributed by atoms with E-state index in [9.17, 15) is 14.7 Å². The molecule has 0 saturated heterocycles. The van der Waals surface area contributed by atoms with Crippen molar-refractivity contribution in [3.63, 3.8) is 0 Å². The van der Waals surface area contributed by atoms with Crippen LogP contribution in [0.3, 0.4) is 0 Å². The Morgan fingerprint density at radius 1 is 1.18 bits per heavy atom. The van der Waals surface area contributed by atoms with Crippen molar-refractivity contribution in [1.82, 2.24) is 15.2 Å². The van der Waals surface area contributed by atoms with Gasteiger partial charge in [0, 0.05) is 6.07 Å². The van der Waals surface area contributed by atoms with Gasteiger partial charge in [0.1, 0.15) is 11.4 Å². The fraction of sp³-hybridized carbons (Fsp3) is 0.111. The van der Waals surface area contributed by atoms with Gasteiger partial charge in [-0.2, -0.15) is 5.10 Å². The Labute approximate surface area is 167 Å². The average molecular weight is 413 g/mol. The topological polar surface area (TPSA) is 108 Å². The molecule has 4 heterocycles. The first-order valence-electron chi connectivity index (χ1n) is 8.22. The first kappa shape index (κ1) is 18.1. The predicted octanol–water partition coefficient (Wildman–Crippen LogP) is 3.23. The number of carbonyl (C=O) groups is 2. The number of hydrogen-bond donors (Lipinski definition) is 1. The molecule has 8 nitrogen and oxygen atoms in total. The molecule has 0 spiro atoms. The molecule has 0 bridgehead atoms. The second kappa shape index (κ2) is 7.41. The maximum atomic E-state index is 12.2. The lowest BCUT2D eigenvalue weighted by atomic mass is 10.2. The third kappa shape index (κ3) is 3.12. The van der Waals surface area contributed by atoms with Gasteiger partial charge in [-0.15, -0.1) is 33.2 Å². The molecule has 0 aliphatic carbocycles. The van der Waals surface area contributed by atoms with E-state index in [0.29, 0.717) is 11.4 Å². The number of aliphatic carboxylic acids is 1. The minimum atomic E-state index is -1.23. The average Bonchev–Trinajstić information content (AvgIpc) is 3.47. The maximum absolute atomic E-state index is 12.2. The van der Waals surface area contributed by atoms with Crippen molar-refractivity contribution in [2.75, 3.05) is 6.61 Å². The summed E-state index contributed by atoms with van der Waals surface area (Å²) in [5, 5.41) is 21.6. The van der Waals surface area contributed by atoms with Crippen LogP contribution in [0, 0.1) is 0 Å². The van der Waals surface area contributed by atoms with Crippen molar-refractivity contribution in [2.24, 2.45) is 5.10 Å². The van der Waals surface area contributed by atoms with Gasteiger partial charge in [-0.25, -0.2) is 14.3 Å². The second-order valence-electron chi connectivity index (χ2n) is 5.55. The first-order chi connectivity index (χ1) is 13.6. The zero-order valence-corrected chi connectivity index (χ0v) is 16.2. The largest absolute Gasteiger partial charge is 0.476 e. The number of carbonyl (C=O) groups excluding carboxylic acids is 1. The molecule has 141 valence electrons. The highest BCUT2D eigenvalue weighted by Crippen LogP contribution is 2.34. The summed E-state index contributed by atoms with van der Waals surface area (Å²) in [5.74, 6) is -1.81. The maximum Gasteiger partial charge on any atom is 0.358 e. The van der Waals surface area contributed by atoms with E-state index in [1.165, 1.54) is 27.4 Å². The summed E-state index contributed by atoms with van der Waals surface area (Å²) in [6, 6.07) is 8.97. The quantitative estimate of drug-likeness (QED) is 0.624. The van der Waals surface area contributed by atoms with Crippen LogP contribution >= 0.6 is 22.7 Å². The number of rotatable bonds is 6. The van der Waals surface area contributed by atoms with Crippen molar-refractivity contribution in [1.29, 1.82) is 0 Å². The van der Waals surface area contributed by atoms with Crippen LogP contribution in [0.25, 0.3) is 22.0 Å². The van der Waals surface area contributed by atoms with E-state index in [1.54, 1.807) is 13.0 Å². The number of carboxylic acid groups (broad SMARTS) is 1. The minimum Gasteiger partial charge on any atom is -0.476 e. The highest BCUT2D eigenvalue weighted by molar-refractivity contribution is 7.13. The van der Waals surface area contributed by atoms with Gasteiger partial charge in [-0.1, -0.05) is 12.1 Å². The standard InChI is InChI=1S/C18H13N4O4S2/c1-2-26-18(25)10-9-11(12-5-3-7-27-12)22(21-10)16-14(13-6-4-8-28-13)19-20-15(16)17(23)24/h3-9H,2H2,1H3,(H,23,24). The molecule has 1 aliphatic rings. The van der Waals surface area contributed by atoms with Crippen LogP contribution in [0.5, 0.6) is 0 Å². The number of ether oxygens (including phenoxy) is 1. The van der Waals surface area contributed by atoms with Crippen molar-refractivity contribution in [3.8, 4) is 10.6 Å². The van der Waals surface area contributed by atoms with E-state index in [1.807, 2.05) is 35.0 Å². The van der Waals surface area contributed by atoms with Crippen LogP contribution < -0.4 is 5.43 Å². The molecule has 0 atom stereocenters. The molecule has 4 rings (SSSR count). The van der Waals surface area contributed by atoms with Gasteiger partial charge in [-0.05, 0) is 29.8 Å². The molecule has 0 unspecified atom stereocenters. The summed E-state index contributed by atoms with van der Waals surface area (Å²) >= 11 is 2.85. The third-order valence-corrected chi connectivity index (χ3v) is 5.60. The Morgan fingerprint density at radius 2 is 1.89 bits per heavy atom. The number of thiophene rings is 2. The van der Waals surface area contributed by atoms with Crippen LogP contribution in [-0.4, -0.2) is 39.1 Å². The Bertz CT molecular complexity index is 1100. The number of esters is 1. The zero-order valence-electron chi connectivity index (χ0n) is 14.5. The molecule has 1 N–H and O–H groups in total. The second-order valence-corrected chi connectivity index (χ2v) is 7.45. The first-order valence-corrected chi connectivity index (χ1v) is 9.98. The van der Waals surface area contributed by atoms with E-state index in [4.69, 9.17) is 4.74 Å². The SMILES string of the molecule is CCOC(=O)c1cc(-c2cccs2)n(C2=C(c3cccs3)[N]N=C2C(=O)O)n1. The van der Waals surface area contributed by atoms with Gasteiger partial charge in [0.05, 0.1) is 22.1 Å². The van der Waals surface area contributed by atoms with Crippen LogP contribution in [0.15, 0.2) is 46.2 Å². The van der Waals surface area contributed by atoms with Gasteiger partial charge in [-0.3, -0.25) is 0 Å². The van der Waals surface area contributed by atoms with Crippen molar-refractivity contribution in [2.45, 2.75) is 6.92 Å². The number of hydrogen-bond acceptors (Lipinski definition) is 7. The van der Waals surface area contributed by atoms with E-state index in [-0.39, 0.29) is 23.7 Å². The van der Waals surface area contributed by atoms with Crippen LogP contribution in [0.4, 0.5) is 0 Å². The Kier molecular flexibility index (Phi) is 4.80. The van der Waals surface area contributed by atoms with E-state index >= 15 is 0 Å².